The molecule has 1 fully saturated rings. The van der Waals surface area contributed by atoms with Crippen LogP contribution in [-0.4, -0.2) is 12.5 Å². The van der Waals surface area contributed by atoms with E-state index in [0.717, 1.165) is 23.8 Å². The molecule has 1 aromatic carbocycles. The SMILES string of the molecule is CC(C)COc1ccc(NC(=O)CCC2CCCCC2)cc1. The maximum Gasteiger partial charge on any atom is 0.224 e. The van der Waals surface area contributed by atoms with Crippen molar-refractivity contribution in [1.82, 2.24) is 0 Å². The molecule has 0 unspecified atom stereocenters. The summed E-state index contributed by atoms with van der Waals surface area (Å²) < 4.78 is 5.64. The Hall–Kier alpha value is -1.51. The fraction of sp³-hybridized carbons (Fsp3) is 0.632. The summed E-state index contributed by atoms with van der Waals surface area (Å²) in [4.78, 5) is 12.0. The number of nitrogens with one attached hydrogen (secondary N) is 1. The molecule has 0 atom stereocenters. The molecule has 122 valence electrons. The van der Waals surface area contributed by atoms with Crippen molar-refractivity contribution in [3.63, 3.8) is 0 Å². The van der Waals surface area contributed by atoms with Gasteiger partial charge < -0.3 is 10.1 Å². The molecule has 1 saturated carbocycles. The Morgan fingerprint density at radius 1 is 1.18 bits per heavy atom. The molecule has 1 aliphatic carbocycles. The fourth-order valence-electron chi connectivity index (χ4n) is 2.93. The largest absolute Gasteiger partial charge is 0.493 e. The maximum absolute atomic E-state index is 12.0. The minimum Gasteiger partial charge on any atom is -0.493 e. The zero-order valence-corrected chi connectivity index (χ0v) is 13.9. The quantitative estimate of drug-likeness (QED) is 0.768. The van der Waals surface area contributed by atoms with E-state index in [1.807, 2.05) is 24.3 Å². The lowest BCUT2D eigenvalue weighted by molar-refractivity contribution is -0.116. The topological polar surface area (TPSA) is 38.3 Å². The first-order valence-electron chi connectivity index (χ1n) is 8.66. The van der Waals surface area contributed by atoms with E-state index in [1.165, 1.54) is 32.1 Å². The predicted octanol–water partition coefficient (Wildman–Crippen LogP) is 5.02. The third kappa shape index (κ3) is 6.08. The summed E-state index contributed by atoms with van der Waals surface area (Å²) in [7, 11) is 0. The van der Waals surface area contributed by atoms with Gasteiger partial charge in [-0.3, -0.25) is 4.79 Å². The number of amides is 1. The molecule has 1 amide bonds. The fourth-order valence-corrected chi connectivity index (χ4v) is 2.93. The van der Waals surface area contributed by atoms with Crippen molar-refractivity contribution in [2.24, 2.45) is 11.8 Å². The second-order valence-electron chi connectivity index (χ2n) is 6.82. The average Bonchev–Trinajstić information content (AvgIpc) is 2.53. The van der Waals surface area contributed by atoms with Crippen LogP contribution in [0.1, 0.15) is 58.8 Å². The van der Waals surface area contributed by atoms with Crippen molar-refractivity contribution >= 4 is 11.6 Å². The van der Waals surface area contributed by atoms with Gasteiger partial charge in [0.05, 0.1) is 6.61 Å². The zero-order chi connectivity index (χ0) is 15.8. The van der Waals surface area contributed by atoms with E-state index in [4.69, 9.17) is 4.74 Å². The molecule has 22 heavy (non-hydrogen) atoms. The second kappa shape index (κ2) is 8.82. The Bertz CT molecular complexity index is 447. The minimum atomic E-state index is 0.126. The van der Waals surface area contributed by atoms with Crippen LogP contribution in [0.15, 0.2) is 24.3 Å². The van der Waals surface area contributed by atoms with Gasteiger partial charge in [-0.15, -0.1) is 0 Å². The van der Waals surface area contributed by atoms with Gasteiger partial charge in [-0.2, -0.15) is 0 Å². The Morgan fingerprint density at radius 3 is 2.50 bits per heavy atom. The summed E-state index contributed by atoms with van der Waals surface area (Å²) in [6.07, 6.45) is 8.31. The van der Waals surface area contributed by atoms with Crippen LogP contribution in [-0.2, 0) is 4.79 Å². The summed E-state index contributed by atoms with van der Waals surface area (Å²) in [6.45, 7) is 4.97. The van der Waals surface area contributed by atoms with E-state index >= 15 is 0 Å². The Kier molecular flexibility index (Phi) is 6.75. The highest BCUT2D eigenvalue weighted by Gasteiger charge is 2.14. The van der Waals surface area contributed by atoms with Crippen LogP contribution in [0.3, 0.4) is 0 Å². The van der Waals surface area contributed by atoms with Crippen LogP contribution in [0, 0.1) is 11.8 Å². The zero-order valence-electron chi connectivity index (χ0n) is 13.9. The van der Waals surface area contributed by atoms with E-state index < -0.39 is 0 Å². The number of carbonyl (C=O) groups excluding carboxylic acids is 1. The van der Waals surface area contributed by atoms with Gasteiger partial charge in [0.1, 0.15) is 5.75 Å². The number of anilines is 1. The lowest BCUT2D eigenvalue weighted by Crippen LogP contribution is -2.14. The molecule has 1 aromatic rings. The minimum absolute atomic E-state index is 0.126. The number of hydrogen-bond donors (Lipinski definition) is 1. The van der Waals surface area contributed by atoms with Gasteiger partial charge in [0.2, 0.25) is 5.91 Å². The summed E-state index contributed by atoms with van der Waals surface area (Å²) in [6, 6.07) is 7.65. The molecule has 2 rings (SSSR count). The number of ether oxygens (including phenoxy) is 1. The van der Waals surface area contributed by atoms with E-state index in [2.05, 4.69) is 19.2 Å². The average molecular weight is 303 g/mol. The summed E-state index contributed by atoms with van der Waals surface area (Å²) in [5.74, 6) is 2.25. The summed E-state index contributed by atoms with van der Waals surface area (Å²) >= 11 is 0. The molecule has 0 saturated heterocycles. The van der Waals surface area contributed by atoms with Gasteiger partial charge in [-0.1, -0.05) is 46.0 Å². The van der Waals surface area contributed by atoms with Gasteiger partial charge in [0.15, 0.2) is 0 Å². The molecule has 3 nitrogen and oxygen atoms in total. The molecular weight excluding hydrogens is 274 g/mol. The molecule has 1 aliphatic rings. The van der Waals surface area contributed by atoms with Gasteiger partial charge >= 0.3 is 0 Å². The van der Waals surface area contributed by atoms with Crippen molar-refractivity contribution in [2.45, 2.75) is 58.8 Å². The monoisotopic (exact) mass is 303 g/mol. The molecule has 3 heteroatoms. The highest BCUT2D eigenvalue weighted by molar-refractivity contribution is 5.90. The van der Waals surface area contributed by atoms with E-state index in [1.54, 1.807) is 0 Å². The first-order valence-corrected chi connectivity index (χ1v) is 8.66. The Balaban J connectivity index is 1.71. The lowest BCUT2D eigenvalue weighted by atomic mass is 9.86. The third-order valence-electron chi connectivity index (χ3n) is 4.23. The van der Waals surface area contributed by atoms with Crippen molar-refractivity contribution in [3.05, 3.63) is 24.3 Å². The molecule has 0 radical (unpaired) electrons. The van der Waals surface area contributed by atoms with Crippen molar-refractivity contribution in [2.75, 3.05) is 11.9 Å². The molecule has 0 bridgehead atoms. The molecule has 0 aliphatic heterocycles. The van der Waals surface area contributed by atoms with Gasteiger partial charge in [-0.25, -0.2) is 0 Å². The van der Waals surface area contributed by atoms with E-state index in [9.17, 15) is 4.79 Å². The van der Waals surface area contributed by atoms with E-state index in [-0.39, 0.29) is 5.91 Å². The van der Waals surface area contributed by atoms with Crippen LogP contribution in [0.2, 0.25) is 0 Å². The van der Waals surface area contributed by atoms with Crippen molar-refractivity contribution < 1.29 is 9.53 Å². The Labute approximate surface area is 134 Å². The van der Waals surface area contributed by atoms with Crippen LogP contribution < -0.4 is 10.1 Å². The van der Waals surface area contributed by atoms with Gasteiger partial charge in [-0.05, 0) is 42.5 Å². The maximum atomic E-state index is 12.0. The number of benzene rings is 1. The number of carbonyl (C=O) groups is 1. The molecule has 1 N–H and O–H groups in total. The number of hydrogen-bond acceptors (Lipinski definition) is 2. The third-order valence-corrected chi connectivity index (χ3v) is 4.23. The standard InChI is InChI=1S/C19H29NO2/c1-15(2)14-22-18-11-9-17(10-12-18)20-19(21)13-8-16-6-4-3-5-7-16/h9-12,15-16H,3-8,13-14H2,1-2H3,(H,20,21). The van der Waals surface area contributed by atoms with Crippen molar-refractivity contribution in [3.8, 4) is 5.75 Å². The molecule has 0 aromatic heterocycles. The Morgan fingerprint density at radius 2 is 1.86 bits per heavy atom. The molecular formula is C19H29NO2. The first-order chi connectivity index (χ1) is 10.6. The first kappa shape index (κ1) is 16.9. The highest BCUT2D eigenvalue weighted by atomic mass is 16.5. The molecule has 0 spiro atoms. The molecule has 0 heterocycles. The summed E-state index contributed by atoms with van der Waals surface area (Å²) in [5, 5.41) is 2.98. The van der Waals surface area contributed by atoms with E-state index in [0.29, 0.717) is 18.9 Å². The second-order valence-corrected chi connectivity index (χ2v) is 6.82. The number of rotatable bonds is 7. The predicted molar refractivity (Wildman–Crippen MR) is 91.2 cm³/mol. The van der Waals surface area contributed by atoms with Crippen molar-refractivity contribution in [1.29, 1.82) is 0 Å². The smallest absolute Gasteiger partial charge is 0.224 e. The van der Waals surface area contributed by atoms with Crippen LogP contribution in [0.25, 0.3) is 0 Å². The van der Waals surface area contributed by atoms with Crippen LogP contribution >= 0.6 is 0 Å². The normalized spacial score (nSPS) is 15.8. The highest BCUT2D eigenvalue weighted by Crippen LogP contribution is 2.27. The lowest BCUT2D eigenvalue weighted by Gasteiger charge is -2.21. The van der Waals surface area contributed by atoms with Crippen LogP contribution in [0.5, 0.6) is 5.75 Å². The van der Waals surface area contributed by atoms with Gasteiger partial charge in [0, 0.05) is 12.1 Å². The summed E-state index contributed by atoms with van der Waals surface area (Å²) in [5.41, 5.74) is 0.852. The van der Waals surface area contributed by atoms with Crippen LogP contribution in [0.4, 0.5) is 5.69 Å². The van der Waals surface area contributed by atoms with Gasteiger partial charge in [0.25, 0.3) is 0 Å².